The Bertz CT molecular complexity index is 948. The first kappa shape index (κ1) is 14.2. The van der Waals surface area contributed by atoms with Gasteiger partial charge in [0.2, 0.25) is 5.55 Å². The zero-order valence-corrected chi connectivity index (χ0v) is 12.0. The van der Waals surface area contributed by atoms with Crippen molar-refractivity contribution in [1.29, 1.82) is 0 Å². The number of nitrogens with two attached hydrogens (primary N) is 1. The lowest BCUT2D eigenvalue weighted by molar-refractivity contribution is 0.0996. The zero-order chi connectivity index (χ0) is 15.7. The number of carbonyl (C=O) groups excluding carboxylic acids is 1. The number of phenolic OH excluding ortho intramolecular Hbond substituents is 1. The summed E-state index contributed by atoms with van der Waals surface area (Å²) in [6, 6.07) is 13.0. The van der Waals surface area contributed by atoms with Crippen molar-refractivity contribution in [3.05, 3.63) is 64.7 Å². The Labute approximate surface area is 130 Å². The molecule has 3 rings (SSSR count). The van der Waals surface area contributed by atoms with Gasteiger partial charge in [-0.3, -0.25) is 4.79 Å². The van der Waals surface area contributed by atoms with Crippen molar-refractivity contribution in [3.8, 4) is 5.75 Å². The van der Waals surface area contributed by atoms with Gasteiger partial charge >= 0.3 is 0 Å². The molecule has 0 bridgehead atoms. The average molecular weight is 315 g/mol. The second kappa shape index (κ2) is 5.54. The maximum atomic E-state index is 11.6. The number of para-hydroxylation sites is 1. The van der Waals surface area contributed by atoms with E-state index in [0.717, 1.165) is 0 Å². The topological polar surface area (TPSA) is 88.8 Å². The van der Waals surface area contributed by atoms with Gasteiger partial charge in [-0.25, -0.2) is 4.99 Å². The molecule has 22 heavy (non-hydrogen) atoms. The van der Waals surface area contributed by atoms with Crippen LogP contribution < -0.4 is 11.3 Å². The summed E-state index contributed by atoms with van der Waals surface area (Å²) in [4.78, 5) is 15.9. The van der Waals surface area contributed by atoms with Gasteiger partial charge in [-0.05, 0) is 30.3 Å². The van der Waals surface area contributed by atoms with Crippen LogP contribution in [0.15, 0.2) is 57.9 Å². The molecule has 0 unspecified atom stereocenters. The zero-order valence-electron chi connectivity index (χ0n) is 11.3. The van der Waals surface area contributed by atoms with E-state index in [2.05, 4.69) is 4.99 Å². The Kier molecular flexibility index (Phi) is 3.56. The standard InChI is InChI=1S/C16H11ClN2O3/c17-12-3-1-2-4-13(12)19-16-11(15(18)21)7-9-5-6-10(20)8-14(9)22-16/h1-8,20H,(H2,18,21). The molecule has 1 amide bonds. The van der Waals surface area contributed by atoms with Crippen LogP contribution in [-0.2, 0) is 0 Å². The number of carbonyl (C=O) groups is 1. The van der Waals surface area contributed by atoms with Crippen LogP contribution in [0.5, 0.6) is 5.75 Å². The number of halogens is 1. The monoisotopic (exact) mass is 314 g/mol. The highest BCUT2D eigenvalue weighted by atomic mass is 35.5. The average Bonchev–Trinajstić information content (AvgIpc) is 2.48. The lowest BCUT2D eigenvalue weighted by Gasteiger charge is -2.03. The number of fused-ring (bicyclic) bond motifs is 1. The molecule has 5 nitrogen and oxygen atoms in total. The van der Waals surface area contributed by atoms with Crippen LogP contribution in [0, 0.1) is 0 Å². The molecule has 0 aliphatic heterocycles. The maximum Gasteiger partial charge on any atom is 0.254 e. The van der Waals surface area contributed by atoms with E-state index in [1.165, 1.54) is 12.1 Å². The molecule has 1 aromatic heterocycles. The van der Waals surface area contributed by atoms with Crippen LogP contribution >= 0.6 is 11.6 Å². The summed E-state index contributed by atoms with van der Waals surface area (Å²) < 4.78 is 5.61. The third-order valence-electron chi connectivity index (χ3n) is 3.07. The van der Waals surface area contributed by atoms with Crippen molar-refractivity contribution in [3.63, 3.8) is 0 Å². The van der Waals surface area contributed by atoms with E-state index < -0.39 is 5.91 Å². The quantitative estimate of drug-likeness (QED) is 0.761. The van der Waals surface area contributed by atoms with Gasteiger partial charge in [-0.1, -0.05) is 23.7 Å². The summed E-state index contributed by atoms with van der Waals surface area (Å²) in [5.41, 5.74) is 6.40. The van der Waals surface area contributed by atoms with Crippen LogP contribution in [0.3, 0.4) is 0 Å². The number of nitrogens with zero attached hydrogens (tertiary/aromatic N) is 1. The fourth-order valence-corrected chi connectivity index (χ4v) is 2.20. The third-order valence-corrected chi connectivity index (χ3v) is 3.39. The Hall–Kier alpha value is -2.79. The third kappa shape index (κ3) is 2.66. The number of phenols is 1. The molecule has 0 aliphatic rings. The maximum absolute atomic E-state index is 11.6. The minimum Gasteiger partial charge on any atom is -0.508 e. The minimum absolute atomic E-state index is 0.0405. The van der Waals surface area contributed by atoms with Gasteiger partial charge < -0.3 is 15.3 Å². The van der Waals surface area contributed by atoms with Crippen molar-refractivity contribution in [2.24, 2.45) is 10.7 Å². The summed E-state index contributed by atoms with van der Waals surface area (Å²) in [5.74, 6) is -0.615. The van der Waals surface area contributed by atoms with Crippen LogP contribution in [-0.4, -0.2) is 11.0 Å². The van der Waals surface area contributed by atoms with Crippen LogP contribution in [0.2, 0.25) is 5.02 Å². The number of benzene rings is 2. The van der Waals surface area contributed by atoms with Crippen molar-refractivity contribution in [2.45, 2.75) is 0 Å². The van der Waals surface area contributed by atoms with Crippen LogP contribution in [0.25, 0.3) is 11.0 Å². The molecule has 0 fully saturated rings. The molecule has 3 aromatic rings. The van der Waals surface area contributed by atoms with Crippen molar-refractivity contribution in [1.82, 2.24) is 0 Å². The van der Waals surface area contributed by atoms with Gasteiger partial charge in [0.1, 0.15) is 16.9 Å². The molecule has 0 saturated carbocycles. The number of aromatic hydroxyl groups is 1. The Morgan fingerprint density at radius 1 is 1.18 bits per heavy atom. The first-order valence-electron chi connectivity index (χ1n) is 6.40. The first-order chi connectivity index (χ1) is 10.5. The van der Waals surface area contributed by atoms with Gasteiger partial charge in [-0.2, -0.15) is 0 Å². The van der Waals surface area contributed by atoms with E-state index in [9.17, 15) is 9.90 Å². The molecule has 110 valence electrons. The number of rotatable bonds is 2. The number of primary amides is 1. The first-order valence-corrected chi connectivity index (χ1v) is 6.78. The van der Waals surface area contributed by atoms with E-state index in [4.69, 9.17) is 21.8 Å². The molecule has 1 heterocycles. The molecule has 6 heteroatoms. The molecule has 0 saturated heterocycles. The van der Waals surface area contributed by atoms with Gasteiger partial charge in [0.15, 0.2) is 0 Å². The van der Waals surface area contributed by atoms with Crippen LogP contribution in [0.1, 0.15) is 10.4 Å². The van der Waals surface area contributed by atoms with E-state index in [1.54, 1.807) is 36.4 Å². The van der Waals surface area contributed by atoms with E-state index in [1.807, 2.05) is 0 Å². The highest BCUT2D eigenvalue weighted by molar-refractivity contribution is 6.32. The van der Waals surface area contributed by atoms with E-state index in [0.29, 0.717) is 21.7 Å². The van der Waals surface area contributed by atoms with Gasteiger partial charge in [-0.15, -0.1) is 0 Å². The molecule has 0 atom stereocenters. The SMILES string of the molecule is NC(=O)c1cc2ccc(O)cc2oc1=Nc1ccccc1Cl. The Balaban J connectivity index is 2.33. The number of hydrogen-bond donors (Lipinski definition) is 2. The van der Waals surface area contributed by atoms with Gasteiger partial charge in [0, 0.05) is 11.5 Å². The lowest BCUT2D eigenvalue weighted by atomic mass is 10.1. The van der Waals surface area contributed by atoms with Crippen molar-refractivity contribution < 1.29 is 14.3 Å². The van der Waals surface area contributed by atoms with Gasteiger partial charge in [0.25, 0.3) is 5.91 Å². The summed E-state index contributed by atoms with van der Waals surface area (Å²) >= 11 is 6.06. The minimum atomic E-state index is -0.662. The van der Waals surface area contributed by atoms with Crippen LogP contribution in [0.4, 0.5) is 5.69 Å². The lowest BCUT2D eigenvalue weighted by Crippen LogP contribution is -2.21. The number of amides is 1. The molecule has 0 spiro atoms. The second-order valence-electron chi connectivity index (χ2n) is 4.61. The molecule has 3 N–H and O–H groups in total. The molecule has 2 aromatic carbocycles. The molecule has 0 radical (unpaired) electrons. The summed E-state index contributed by atoms with van der Waals surface area (Å²) in [6.45, 7) is 0. The van der Waals surface area contributed by atoms with Gasteiger partial charge in [0.05, 0.1) is 10.7 Å². The molecular weight excluding hydrogens is 304 g/mol. The Morgan fingerprint density at radius 3 is 2.68 bits per heavy atom. The largest absolute Gasteiger partial charge is 0.508 e. The summed E-state index contributed by atoms with van der Waals surface area (Å²) in [6.07, 6.45) is 0. The normalized spacial score (nSPS) is 11.8. The predicted molar refractivity (Wildman–Crippen MR) is 83.1 cm³/mol. The highest BCUT2D eigenvalue weighted by Crippen LogP contribution is 2.24. The summed E-state index contributed by atoms with van der Waals surface area (Å²) in [7, 11) is 0. The molecular formula is C16H11ClN2O3. The fraction of sp³-hybridized carbons (Fsp3) is 0. The van der Waals surface area contributed by atoms with E-state index in [-0.39, 0.29) is 16.9 Å². The Morgan fingerprint density at radius 2 is 1.95 bits per heavy atom. The second-order valence-corrected chi connectivity index (χ2v) is 5.02. The molecule has 0 aliphatic carbocycles. The number of hydrogen-bond acceptors (Lipinski definition) is 4. The van der Waals surface area contributed by atoms with Crippen molar-refractivity contribution in [2.75, 3.05) is 0 Å². The fourth-order valence-electron chi connectivity index (χ4n) is 2.02. The smallest absolute Gasteiger partial charge is 0.254 e. The predicted octanol–water partition coefficient (Wildman–Crippen LogP) is 3.12. The highest BCUT2D eigenvalue weighted by Gasteiger charge is 2.10. The summed E-state index contributed by atoms with van der Waals surface area (Å²) in [5, 5.41) is 10.6. The van der Waals surface area contributed by atoms with Crippen molar-refractivity contribution >= 4 is 34.2 Å². The van der Waals surface area contributed by atoms with E-state index >= 15 is 0 Å².